The minimum absolute atomic E-state index is 0.0133. The first kappa shape index (κ1) is 24.3. The molecule has 0 heterocycles. The van der Waals surface area contributed by atoms with Crippen LogP contribution in [-0.2, 0) is 14.3 Å². The van der Waals surface area contributed by atoms with Crippen molar-refractivity contribution in [1.82, 2.24) is 10.6 Å². The predicted octanol–water partition coefficient (Wildman–Crippen LogP) is 4.31. The van der Waals surface area contributed by atoms with Gasteiger partial charge in [0, 0.05) is 25.4 Å². The van der Waals surface area contributed by atoms with Crippen molar-refractivity contribution in [2.45, 2.75) is 45.4 Å². The number of rotatable bonds is 11. The van der Waals surface area contributed by atoms with E-state index < -0.39 is 17.5 Å². The number of hydrogen-bond acceptors (Lipinski definition) is 4. The molecule has 1 aliphatic carbocycles. The third kappa shape index (κ3) is 6.34. The number of aliphatic carboxylic acids is 1. The Morgan fingerprint density at radius 2 is 1.52 bits per heavy atom. The fraction of sp³-hybridized carbons (Fsp3) is 0.423. The molecular formula is C26H32N2O5. The second kappa shape index (κ2) is 11.0. The van der Waals surface area contributed by atoms with Crippen LogP contribution in [0.4, 0.5) is 4.79 Å². The molecule has 3 N–H and O–H groups in total. The van der Waals surface area contributed by atoms with E-state index in [2.05, 4.69) is 34.9 Å². The summed E-state index contributed by atoms with van der Waals surface area (Å²) in [4.78, 5) is 35.3. The van der Waals surface area contributed by atoms with E-state index in [1.54, 1.807) is 13.8 Å². The fourth-order valence-corrected chi connectivity index (χ4v) is 4.04. The molecule has 0 saturated heterocycles. The van der Waals surface area contributed by atoms with E-state index in [-0.39, 0.29) is 31.4 Å². The second-order valence-corrected chi connectivity index (χ2v) is 9.02. The van der Waals surface area contributed by atoms with Gasteiger partial charge in [0.1, 0.15) is 6.61 Å². The quantitative estimate of drug-likeness (QED) is 0.441. The normalized spacial score (nSPS) is 12.5. The van der Waals surface area contributed by atoms with Gasteiger partial charge in [0.15, 0.2) is 0 Å². The molecule has 0 unspecified atom stereocenters. The van der Waals surface area contributed by atoms with Crippen LogP contribution in [0, 0.1) is 5.41 Å². The molecule has 0 bridgehead atoms. The Bertz CT molecular complexity index is 956. The highest BCUT2D eigenvalue weighted by Gasteiger charge is 2.30. The Labute approximate surface area is 194 Å². The summed E-state index contributed by atoms with van der Waals surface area (Å²) in [6.07, 6.45) is 1.65. The van der Waals surface area contributed by atoms with Crippen molar-refractivity contribution in [3.63, 3.8) is 0 Å². The van der Waals surface area contributed by atoms with Crippen LogP contribution in [0.2, 0.25) is 0 Å². The van der Waals surface area contributed by atoms with E-state index in [0.29, 0.717) is 13.0 Å². The van der Waals surface area contributed by atoms with E-state index in [9.17, 15) is 14.4 Å². The molecule has 0 radical (unpaired) electrons. The summed E-state index contributed by atoms with van der Waals surface area (Å²) in [5.41, 5.74) is 3.84. The van der Waals surface area contributed by atoms with Crippen molar-refractivity contribution < 1.29 is 24.2 Å². The zero-order chi connectivity index (χ0) is 23.8. The molecule has 2 aromatic carbocycles. The second-order valence-electron chi connectivity index (χ2n) is 9.02. The molecular weight excluding hydrogens is 420 g/mol. The zero-order valence-corrected chi connectivity index (χ0v) is 19.2. The molecule has 0 spiro atoms. The molecule has 7 nitrogen and oxygen atoms in total. The van der Waals surface area contributed by atoms with Gasteiger partial charge in [-0.2, -0.15) is 0 Å². The van der Waals surface area contributed by atoms with Gasteiger partial charge in [-0.1, -0.05) is 55.0 Å². The number of alkyl carbamates (subject to hydrolysis) is 1. The van der Waals surface area contributed by atoms with Crippen LogP contribution in [0.15, 0.2) is 48.5 Å². The largest absolute Gasteiger partial charge is 0.481 e. The summed E-state index contributed by atoms with van der Waals surface area (Å²) in [5.74, 6) is -0.986. The first-order chi connectivity index (χ1) is 15.8. The van der Waals surface area contributed by atoms with Crippen molar-refractivity contribution in [3.05, 3.63) is 59.7 Å². The Morgan fingerprint density at radius 3 is 2.12 bits per heavy atom. The van der Waals surface area contributed by atoms with E-state index in [1.807, 2.05) is 24.3 Å². The number of hydrogen-bond donors (Lipinski definition) is 3. The molecule has 7 heteroatoms. The third-order valence-corrected chi connectivity index (χ3v) is 5.99. The van der Waals surface area contributed by atoms with Crippen LogP contribution < -0.4 is 10.6 Å². The summed E-state index contributed by atoms with van der Waals surface area (Å²) in [7, 11) is 0. The van der Waals surface area contributed by atoms with Gasteiger partial charge in [0.05, 0.1) is 5.41 Å². The third-order valence-electron chi connectivity index (χ3n) is 5.99. The number of ether oxygens (including phenoxy) is 1. The van der Waals surface area contributed by atoms with E-state index in [0.717, 1.165) is 24.0 Å². The smallest absolute Gasteiger partial charge is 0.407 e. The lowest BCUT2D eigenvalue weighted by molar-refractivity contribution is -0.137. The van der Waals surface area contributed by atoms with Crippen molar-refractivity contribution in [3.8, 4) is 11.1 Å². The van der Waals surface area contributed by atoms with Gasteiger partial charge in [0.25, 0.3) is 0 Å². The molecule has 1 aliphatic rings. The Balaban J connectivity index is 1.44. The molecule has 3 rings (SSSR count). The molecule has 0 aliphatic heterocycles. The molecule has 0 saturated carbocycles. The number of amides is 2. The molecule has 176 valence electrons. The predicted molar refractivity (Wildman–Crippen MR) is 126 cm³/mol. The molecule has 0 fully saturated rings. The van der Waals surface area contributed by atoms with Crippen molar-refractivity contribution in [2.24, 2.45) is 5.41 Å². The number of fused-ring (bicyclic) bond motifs is 3. The lowest BCUT2D eigenvalue weighted by Crippen LogP contribution is -2.45. The maximum Gasteiger partial charge on any atom is 0.407 e. The molecule has 0 aromatic heterocycles. The first-order valence-electron chi connectivity index (χ1n) is 11.4. The van der Waals surface area contributed by atoms with Gasteiger partial charge in [0.2, 0.25) is 5.91 Å². The average Bonchev–Trinajstić information content (AvgIpc) is 3.12. The van der Waals surface area contributed by atoms with Crippen LogP contribution in [0.25, 0.3) is 11.1 Å². The van der Waals surface area contributed by atoms with E-state index >= 15 is 0 Å². The summed E-state index contributed by atoms with van der Waals surface area (Å²) in [5, 5.41) is 14.2. The maximum atomic E-state index is 12.5. The highest BCUT2D eigenvalue weighted by molar-refractivity contribution is 5.83. The van der Waals surface area contributed by atoms with Gasteiger partial charge in [-0.05, 0) is 48.9 Å². The monoisotopic (exact) mass is 452 g/mol. The highest BCUT2D eigenvalue weighted by atomic mass is 16.5. The summed E-state index contributed by atoms with van der Waals surface area (Å²) >= 11 is 0. The Hall–Kier alpha value is -3.35. The van der Waals surface area contributed by atoms with Crippen LogP contribution in [-0.4, -0.2) is 42.8 Å². The number of benzene rings is 2. The summed E-state index contributed by atoms with van der Waals surface area (Å²) < 4.78 is 5.53. The SMILES string of the molecule is CC(C)(CNC(=O)OCC1c2ccccc2-c2ccccc21)C(=O)NCCCCCC(=O)O. The van der Waals surface area contributed by atoms with Gasteiger partial charge < -0.3 is 20.5 Å². The van der Waals surface area contributed by atoms with Gasteiger partial charge in [-0.25, -0.2) is 4.79 Å². The van der Waals surface area contributed by atoms with Gasteiger partial charge >= 0.3 is 12.1 Å². The van der Waals surface area contributed by atoms with Crippen molar-refractivity contribution in [2.75, 3.05) is 19.7 Å². The highest BCUT2D eigenvalue weighted by Crippen LogP contribution is 2.44. The molecule has 2 amide bonds. The Morgan fingerprint density at radius 1 is 0.909 bits per heavy atom. The number of carboxylic acid groups (broad SMARTS) is 1. The average molecular weight is 453 g/mol. The van der Waals surface area contributed by atoms with Gasteiger partial charge in [-0.15, -0.1) is 0 Å². The minimum atomic E-state index is -0.806. The standard InChI is InChI=1S/C26H32N2O5/c1-26(2,24(31)27-15-9-3-4-14-23(29)30)17-28-25(32)33-16-22-20-12-7-5-10-18(20)19-11-6-8-13-21(19)22/h5-8,10-13,22H,3-4,9,14-17H2,1-2H3,(H,27,31)(H,28,32)(H,29,30). The number of carbonyl (C=O) groups excluding carboxylic acids is 2. The summed E-state index contributed by atoms with van der Waals surface area (Å²) in [6, 6.07) is 16.3. The van der Waals surface area contributed by atoms with E-state index in [4.69, 9.17) is 9.84 Å². The van der Waals surface area contributed by atoms with Crippen molar-refractivity contribution in [1.29, 1.82) is 0 Å². The Kier molecular flexibility index (Phi) is 8.09. The first-order valence-corrected chi connectivity index (χ1v) is 11.4. The fourth-order valence-electron chi connectivity index (χ4n) is 4.04. The molecule has 0 atom stereocenters. The van der Waals surface area contributed by atoms with Crippen LogP contribution in [0.3, 0.4) is 0 Å². The van der Waals surface area contributed by atoms with Gasteiger partial charge in [-0.3, -0.25) is 9.59 Å². The molecule has 2 aromatic rings. The lowest BCUT2D eigenvalue weighted by Gasteiger charge is -2.24. The summed E-state index contributed by atoms with van der Waals surface area (Å²) in [6.45, 7) is 4.37. The number of unbranched alkanes of at least 4 members (excludes halogenated alkanes) is 2. The van der Waals surface area contributed by atoms with Crippen LogP contribution in [0.5, 0.6) is 0 Å². The van der Waals surface area contributed by atoms with Crippen LogP contribution in [0.1, 0.15) is 56.6 Å². The lowest BCUT2D eigenvalue weighted by atomic mass is 9.92. The number of carbonyl (C=O) groups is 3. The number of carboxylic acids is 1. The topological polar surface area (TPSA) is 105 Å². The maximum absolute atomic E-state index is 12.5. The minimum Gasteiger partial charge on any atom is -0.481 e. The van der Waals surface area contributed by atoms with E-state index in [1.165, 1.54) is 11.1 Å². The van der Waals surface area contributed by atoms with Crippen molar-refractivity contribution >= 4 is 18.0 Å². The van der Waals surface area contributed by atoms with Crippen LogP contribution >= 0.6 is 0 Å². The molecule has 33 heavy (non-hydrogen) atoms. The number of nitrogens with one attached hydrogen (secondary N) is 2. The zero-order valence-electron chi connectivity index (χ0n) is 19.2.